The fourth-order valence-electron chi connectivity index (χ4n) is 3.95. The first-order chi connectivity index (χ1) is 17.1. The number of carbonyl (C=O) groups excluding carboxylic acids is 1. The van der Waals surface area contributed by atoms with Crippen LogP contribution in [-0.4, -0.2) is 67.6 Å². The lowest BCUT2D eigenvalue weighted by Gasteiger charge is -2.15. The first-order valence-corrected chi connectivity index (χ1v) is 11.7. The van der Waals surface area contributed by atoms with Crippen molar-refractivity contribution in [1.29, 1.82) is 0 Å². The molecule has 0 saturated heterocycles. The summed E-state index contributed by atoms with van der Waals surface area (Å²) in [4.78, 5) is 20.1. The lowest BCUT2D eigenvalue weighted by Crippen LogP contribution is -2.18. The number of anilines is 1. The van der Waals surface area contributed by atoms with E-state index in [2.05, 4.69) is 30.5 Å². The highest BCUT2D eigenvalue weighted by Crippen LogP contribution is 2.28. The summed E-state index contributed by atoms with van der Waals surface area (Å²) in [6.45, 7) is 2.94. The van der Waals surface area contributed by atoms with Crippen molar-refractivity contribution in [2.45, 2.75) is 25.9 Å². The number of nitrogens with zero attached hydrogens (tertiary/aromatic N) is 7. The van der Waals surface area contributed by atoms with E-state index in [1.54, 1.807) is 12.4 Å². The molecule has 0 radical (unpaired) electrons. The number of rotatable bonds is 4. The second kappa shape index (κ2) is 10.1. The molecule has 0 fully saturated rings. The normalized spacial score (nSPS) is 14.0. The summed E-state index contributed by atoms with van der Waals surface area (Å²) in [6.07, 6.45) is 7.23. The summed E-state index contributed by atoms with van der Waals surface area (Å²) in [5, 5.41) is 15.6. The van der Waals surface area contributed by atoms with E-state index in [-0.39, 0.29) is 5.91 Å². The molecule has 0 unspecified atom stereocenters. The van der Waals surface area contributed by atoms with Crippen LogP contribution in [-0.2, 0) is 13.1 Å². The highest BCUT2D eigenvalue weighted by atomic mass is 16.5. The number of likely N-dealkylation sites (N-methyl/N-ethyl adjacent to an activating group) is 1. The summed E-state index contributed by atoms with van der Waals surface area (Å²) in [7, 11) is 4.07. The Hall–Kier alpha value is -4.05. The van der Waals surface area contributed by atoms with E-state index in [9.17, 15) is 4.79 Å². The third-order valence-corrected chi connectivity index (χ3v) is 5.85. The number of fused-ring (bicyclic) bond motifs is 5. The van der Waals surface area contributed by atoms with Gasteiger partial charge in [-0.05, 0) is 56.8 Å². The summed E-state index contributed by atoms with van der Waals surface area (Å²) >= 11 is 0. The molecule has 35 heavy (non-hydrogen) atoms. The Labute approximate surface area is 203 Å². The van der Waals surface area contributed by atoms with Crippen LogP contribution in [0.15, 0.2) is 55.1 Å². The lowest BCUT2D eigenvalue weighted by atomic mass is 10.0. The average Bonchev–Trinajstić information content (AvgIpc) is 3.52. The van der Waals surface area contributed by atoms with Gasteiger partial charge in [-0.2, -0.15) is 5.10 Å². The minimum atomic E-state index is -0.287. The third kappa shape index (κ3) is 5.22. The van der Waals surface area contributed by atoms with Gasteiger partial charge in [-0.15, -0.1) is 10.2 Å². The van der Waals surface area contributed by atoms with E-state index in [0.29, 0.717) is 35.3 Å². The van der Waals surface area contributed by atoms with Crippen LogP contribution in [0, 0.1) is 0 Å². The zero-order chi connectivity index (χ0) is 24.2. The molecule has 3 aromatic heterocycles. The van der Waals surface area contributed by atoms with E-state index in [0.717, 1.165) is 43.6 Å². The topological polar surface area (TPSA) is 103 Å². The SMILES string of the molecule is CN(C)CCn1cc(-c2ccc3c(c2)C(=O)Nc2cccc(n2)-c2nncn2CCCCO3)cn1. The van der Waals surface area contributed by atoms with Crippen molar-refractivity contribution >= 4 is 11.7 Å². The number of benzene rings is 1. The summed E-state index contributed by atoms with van der Waals surface area (Å²) < 4.78 is 9.92. The standard InChI is InChI=1S/C25H28N8O2/c1-31(2)11-12-33-16-19(15-27-33)18-8-9-22-20(14-18)25(34)29-23-7-5-6-21(28-23)24-30-26-17-32(24)10-3-4-13-35-22/h5-9,14-17H,3-4,10-13H2,1-2H3,(H,28,29,34). The maximum absolute atomic E-state index is 13.4. The van der Waals surface area contributed by atoms with Crippen molar-refractivity contribution in [3.63, 3.8) is 0 Å². The number of carbonyl (C=O) groups is 1. The van der Waals surface area contributed by atoms with Gasteiger partial charge in [0, 0.05) is 24.8 Å². The van der Waals surface area contributed by atoms with Gasteiger partial charge in [0.05, 0.1) is 24.9 Å². The molecule has 4 aromatic rings. The molecule has 10 heteroatoms. The molecule has 1 amide bonds. The van der Waals surface area contributed by atoms with Crippen LogP contribution in [0.1, 0.15) is 23.2 Å². The monoisotopic (exact) mass is 472 g/mol. The van der Waals surface area contributed by atoms with E-state index in [4.69, 9.17) is 4.74 Å². The predicted octanol–water partition coefficient (Wildman–Crippen LogP) is 3.19. The fraction of sp³-hybridized carbons (Fsp3) is 0.320. The number of ether oxygens (including phenoxy) is 1. The molecule has 0 spiro atoms. The minimum Gasteiger partial charge on any atom is -0.493 e. The number of amides is 1. The highest BCUT2D eigenvalue weighted by Gasteiger charge is 2.18. The van der Waals surface area contributed by atoms with Crippen LogP contribution in [0.4, 0.5) is 5.82 Å². The van der Waals surface area contributed by atoms with Gasteiger partial charge in [-0.1, -0.05) is 12.1 Å². The average molecular weight is 473 g/mol. The number of pyridine rings is 1. The molecule has 0 saturated carbocycles. The van der Waals surface area contributed by atoms with Gasteiger partial charge in [-0.3, -0.25) is 9.48 Å². The molecule has 0 aliphatic carbocycles. The van der Waals surface area contributed by atoms with E-state index in [1.807, 2.05) is 66.1 Å². The fourth-order valence-corrected chi connectivity index (χ4v) is 3.95. The third-order valence-electron chi connectivity index (χ3n) is 5.85. The van der Waals surface area contributed by atoms with Crippen LogP contribution >= 0.6 is 0 Å². The van der Waals surface area contributed by atoms with Crippen LogP contribution in [0.2, 0.25) is 0 Å². The Bertz CT molecular complexity index is 1330. The molecule has 1 aromatic carbocycles. The van der Waals surface area contributed by atoms with Crippen molar-refractivity contribution in [3.05, 3.63) is 60.7 Å². The van der Waals surface area contributed by atoms with Gasteiger partial charge in [0.25, 0.3) is 5.91 Å². The van der Waals surface area contributed by atoms with Gasteiger partial charge in [0.15, 0.2) is 5.82 Å². The molecule has 5 rings (SSSR count). The van der Waals surface area contributed by atoms with Crippen LogP contribution in [0.5, 0.6) is 5.75 Å². The van der Waals surface area contributed by atoms with Crippen LogP contribution in [0.25, 0.3) is 22.6 Å². The Balaban J connectivity index is 1.46. The van der Waals surface area contributed by atoms with Crippen LogP contribution < -0.4 is 10.1 Å². The summed E-state index contributed by atoms with van der Waals surface area (Å²) in [6, 6.07) is 11.1. The molecule has 1 aliphatic heterocycles. The Kier molecular flexibility index (Phi) is 6.53. The quantitative estimate of drug-likeness (QED) is 0.487. The van der Waals surface area contributed by atoms with Crippen molar-refractivity contribution in [2.75, 3.05) is 32.6 Å². The van der Waals surface area contributed by atoms with Gasteiger partial charge in [-0.25, -0.2) is 4.98 Å². The molecular weight excluding hydrogens is 444 g/mol. The Morgan fingerprint density at radius 1 is 1.14 bits per heavy atom. The smallest absolute Gasteiger partial charge is 0.260 e. The molecule has 1 N–H and O–H groups in total. The van der Waals surface area contributed by atoms with Gasteiger partial charge < -0.3 is 19.5 Å². The molecule has 0 atom stereocenters. The largest absolute Gasteiger partial charge is 0.493 e. The maximum atomic E-state index is 13.4. The second-order valence-corrected chi connectivity index (χ2v) is 8.77. The molecule has 10 nitrogen and oxygen atoms in total. The number of aryl methyl sites for hydroxylation is 1. The van der Waals surface area contributed by atoms with Gasteiger partial charge in [0.2, 0.25) is 0 Å². The van der Waals surface area contributed by atoms with Crippen molar-refractivity contribution in [1.82, 2.24) is 34.4 Å². The Morgan fingerprint density at radius 3 is 2.94 bits per heavy atom. The van der Waals surface area contributed by atoms with Gasteiger partial charge >= 0.3 is 0 Å². The zero-order valence-electron chi connectivity index (χ0n) is 19.9. The second-order valence-electron chi connectivity index (χ2n) is 8.77. The minimum absolute atomic E-state index is 0.287. The highest BCUT2D eigenvalue weighted by molar-refractivity contribution is 6.06. The zero-order valence-corrected chi connectivity index (χ0v) is 19.9. The number of hydrogen-bond acceptors (Lipinski definition) is 7. The van der Waals surface area contributed by atoms with E-state index >= 15 is 0 Å². The maximum Gasteiger partial charge on any atom is 0.260 e. The predicted molar refractivity (Wildman–Crippen MR) is 132 cm³/mol. The summed E-state index contributed by atoms with van der Waals surface area (Å²) in [5.41, 5.74) is 2.96. The Morgan fingerprint density at radius 2 is 2.06 bits per heavy atom. The van der Waals surface area contributed by atoms with Crippen molar-refractivity contribution in [3.8, 4) is 28.4 Å². The molecule has 4 heterocycles. The lowest BCUT2D eigenvalue weighted by molar-refractivity contribution is 0.102. The van der Waals surface area contributed by atoms with E-state index in [1.165, 1.54) is 0 Å². The number of nitrogens with one attached hydrogen (secondary N) is 1. The summed E-state index contributed by atoms with van der Waals surface area (Å²) in [5.74, 6) is 1.37. The molecule has 180 valence electrons. The number of aromatic nitrogens is 6. The molecule has 2 bridgehead atoms. The van der Waals surface area contributed by atoms with Crippen molar-refractivity contribution < 1.29 is 9.53 Å². The first-order valence-electron chi connectivity index (χ1n) is 11.7. The first kappa shape index (κ1) is 22.7. The van der Waals surface area contributed by atoms with Crippen LogP contribution in [0.3, 0.4) is 0 Å². The molecule has 1 aliphatic rings. The van der Waals surface area contributed by atoms with E-state index < -0.39 is 0 Å². The van der Waals surface area contributed by atoms with Crippen molar-refractivity contribution in [2.24, 2.45) is 0 Å². The number of hydrogen-bond donors (Lipinski definition) is 1. The van der Waals surface area contributed by atoms with Gasteiger partial charge in [0.1, 0.15) is 23.6 Å². The molecular formula is C25H28N8O2.